The van der Waals surface area contributed by atoms with E-state index >= 15 is 0 Å². The van der Waals surface area contributed by atoms with Crippen molar-refractivity contribution in [1.82, 2.24) is 10.3 Å². The van der Waals surface area contributed by atoms with E-state index in [1.54, 1.807) is 12.1 Å². The SMILES string of the molecule is Cc1ccc2cccc(OCc3c(Cl)ccc(N(C)C(=O)CNC(=O)Nc4cccc(C(=O)O)c4)c3Cl)c2n1.Cl. The maximum Gasteiger partial charge on any atom is 0.335 e. The highest BCUT2D eigenvalue weighted by Crippen LogP contribution is 2.35. The number of aryl methyl sites for hydroxylation is 1. The minimum absolute atomic E-state index is 0. The zero-order chi connectivity index (χ0) is 28.1. The van der Waals surface area contributed by atoms with Crippen molar-refractivity contribution < 1.29 is 24.2 Å². The molecule has 4 rings (SSSR count). The number of para-hydroxylation sites is 1. The number of likely N-dealkylation sites (N-methyl/N-ethyl adjacent to an activating group) is 1. The number of aromatic nitrogens is 1. The number of urea groups is 1. The Balaban J connectivity index is 0.00000441. The van der Waals surface area contributed by atoms with Crippen molar-refractivity contribution in [3.05, 3.63) is 93.6 Å². The molecule has 0 spiro atoms. The highest BCUT2D eigenvalue weighted by molar-refractivity contribution is 6.38. The fourth-order valence-electron chi connectivity index (χ4n) is 3.77. The second-order valence-electron chi connectivity index (χ2n) is 8.57. The van der Waals surface area contributed by atoms with Gasteiger partial charge in [0.25, 0.3) is 0 Å². The summed E-state index contributed by atoms with van der Waals surface area (Å²) >= 11 is 13.1. The number of hydrogen-bond donors (Lipinski definition) is 3. The monoisotopic (exact) mass is 602 g/mol. The Bertz CT molecular complexity index is 1580. The summed E-state index contributed by atoms with van der Waals surface area (Å²) in [5.41, 5.74) is 2.74. The van der Waals surface area contributed by atoms with Crippen LogP contribution in [0, 0.1) is 6.92 Å². The number of nitrogens with one attached hydrogen (secondary N) is 2. The van der Waals surface area contributed by atoms with E-state index in [2.05, 4.69) is 15.6 Å². The summed E-state index contributed by atoms with van der Waals surface area (Å²) < 4.78 is 6.04. The van der Waals surface area contributed by atoms with Crippen LogP contribution in [0.2, 0.25) is 10.0 Å². The van der Waals surface area contributed by atoms with Crippen LogP contribution in [0.5, 0.6) is 5.75 Å². The largest absolute Gasteiger partial charge is 0.487 e. The van der Waals surface area contributed by atoms with Crippen molar-refractivity contribution in [1.29, 1.82) is 0 Å². The first-order valence-electron chi connectivity index (χ1n) is 11.7. The smallest absolute Gasteiger partial charge is 0.335 e. The minimum atomic E-state index is -1.12. The maximum absolute atomic E-state index is 12.8. The van der Waals surface area contributed by atoms with Gasteiger partial charge in [0.15, 0.2) is 0 Å². The van der Waals surface area contributed by atoms with Gasteiger partial charge in [0.2, 0.25) is 5.91 Å². The first kappa shape index (κ1) is 30.5. The second-order valence-corrected chi connectivity index (χ2v) is 9.36. The van der Waals surface area contributed by atoms with E-state index in [-0.39, 0.29) is 41.8 Å². The molecule has 0 atom stereocenters. The Hall–Kier alpha value is -4.05. The highest BCUT2D eigenvalue weighted by Gasteiger charge is 2.19. The zero-order valence-corrected chi connectivity index (χ0v) is 23.7. The number of rotatable bonds is 8. The number of anilines is 2. The molecule has 3 aromatic carbocycles. The summed E-state index contributed by atoms with van der Waals surface area (Å²) in [6.07, 6.45) is 0. The van der Waals surface area contributed by atoms with Gasteiger partial charge in [0.1, 0.15) is 17.9 Å². The number of carbonyl (C=O) groups is 3. The van der Waals surface area contributed by atoms with Gasteiger partial charge in [-0.2, -0.15) is 0 Å². The van der Waals surface area contributed by atoms with E-state index in [0.29, 0.717) is 27.5 Å². The van der Waals surface area contributed by atoms with E-state index < -0.39 is 17.9 Å². The van der Waals surface area contributed by atoms with E-state index in [4.69, 9.17) is 33.0 Å². The van der Waals surface area contributed by atoms with Gasteiger partial charge in [0.05, 0.1) is 22.8 Å². The number of hydrogen-bond acceptors (Lipinski definition) is 5. The molecule has 0 radical (unpaired) electrons. The van der Waals surface area contributed by atoms with Gasteiger partial charge in [-0.3, -0.25) is 4.79 Å². The van der Waals surface area contributed by atoms with Gasteiger partial charge >= 0.3 is 12.0 Å². The lowest BCUT2D eigenvalue weighted by atomic mass is 10.1. The van der Waals surface area contributed by atoms with Crippen molar-refractivity contribution in [3.63, 3.8) is 0 Å². The number of pyridine rings is 1. The van der Waals surface area contributed by atoms with E-state index in [1.807, 2.05) is 37.3 Å². The molecule has 3 amide bonds. The molecule has 0 unspecified atom stereocenters. The van der Waals surface area contributed by atoms with Crippen LogP contribution in [0.15, 0.2) is 66.7 Å². The molecule has 3 N–H and O–H groups in total. The maximum atomic E-state index is 12.8. The zero-order valence-electron chi connectivity index (χ0n) is 21.4. The number of fused-ring (bicyclic) bond motifs is 1. The van der Waals surface area contributed by atoms with E-state index in [1.165, 1.54) is 36.2 Å². The second kappa shape index (κ2) is 13.3. The third-order valence-electron chi connectivity index (χ3n) is 5.86. The summed E-state index contributed by atoms with van der Waals surface area (Å²) in [6, 6.07) is 17.8. The topological polar surface area (TPSA) is 121 Å². The van der Waals surface area contributed by atoms with Crippen molar-refractivity contribution >= 4 is 75.8 Å². The molecule has 40 heavy (non-hydrogen) atoms. The predicted molar refractivity (Wildman–Crippen MR) is 158 cm³/mol. The molecule has 0 aliphatic rings. The Labute approximate surface area is 246 Å². The number of carboxylic acid groups (broad SMARTS) is 1. The van der Waals surface area contributed by atoms with Crippen molar-refractivity contribution in [2.45, 2.75) is 13.5 Å². The quantitative estimate of drug-likeness (QED) is 0.216. The van der Waals surface area contributed by atoms with Gasteiger partial charge in [0, 0.05) is 34.4 Å². The first-order chi connectivity index (χ1) is 18.6. The molecule has 0 fully saturated rings. The van der Waals surface area contributed by atoms with Crippen LogP contribution in [0.3, 0.4) is 0 Å². The van der Waals surface area contributed by atoms with Gasteiger partial charge in [-0.25, -0.2) is 14.6 Å². The van der Waals surface area contributed by atoms with Crippen LogP contribution in [-0.2, 0) is 11.4 Å². The Morgan fingerprint density at radius 1 is 1.02 bits per heavy atom. The Morgan fingerprint density at radius 3 is 2.52 bits per heavy atom. The lowest BCUT2D eigenvalue weighted by Gasteiger charge is -2.21. The third kappa shape index (κ3) is 7.12. The summed E-state index contributed by atoms with van der Waals surface area (Å²) in [5, 5.41) is 15.6. The molecule has 0 bridgehead atoms. The van der Waals surface area contributed by atoms with Crippen LogP contribution in [-0.4, -0.2) is 41.6 Å². The van der Waals surface area contributed by atoms with Crippen molar-refractivity contribution in [3.8, 4) is 5.75 Å². The molecule has 0 aliphatic carbocycles. The van der Waals surface area contributed by atoms with Crippen LogP contribution in [0.4, 0.5) is 16.2 Å². The lowest BCUT2D eigenvalue weighted by molar-refractivity contribution is -0.117. The molecule has 4 aromatic rings. The molecule has 12 heteroatoms. The highest BCUT2D eigenvalue weighted by atomic mass is 35.5. The van der Waals surface area contributed by atoms with E-state index in [9.17, 15) is 14.4 Å². The van der Waals surface area contributed by atoms with Gasteiger partial charge < -0.3 is 25.4 Å². The molecule has 1 heterocycles. The number of carbonyl (C=O) groups excluding carboxylic acids is 2. The molecule has 208 valence electrons. The number of carboxylic acids is 1. The summed E-state index contributed by atoms with van der Waals surface area (Å²) in [5.74, 6) is -0.999. The molecule has 1 aromatic heterocycles. The lowest BCUT2D eigenvalue weighted by Crippen LogP contribution is -2.40. The molecular formula is C28H25Cl3N4O5. The molecule has 9 nitrogen and oxygen atoms in total. The van der Waals surface area contributed by atoms with Crippen LogP contribution in [0.1, 0.15) is 21.6 Å². The predicted octanol–water partition coefficient (Wildman–Crippen LogP) is 6.33. The van der Waals surface area contributed by atoms with Gasteiger partial charge in [-0.15, -0.1) is 12.4 Å². The fourth-order valence-corrected chi connectivity index (χ4v) is 4.38. The summed E-state index contributed by atoms with van der Waals surface area (Å²) in [6.45, 7) is 1.60. The average molecular weight is 604 g/mol. The number of halogens is 3. The number of ether oxygens (including phenoxy) is 1. The summed E-state index contributed by atoms with van der Waals surface area (Å²) in [7, 11) is 1.52. The van der Waals surface area contributed by atoms with Crippen LogP contribution < -0.4 is 20.3 Å². The Morgan fingerprint density at radius 2 is 1.77 bits per heavy atom. The molecule has 0 aliphatic heterocycles. The van der Waals surface area contributed by atoms with Crippen molar-refractivity contribution in [2.24, 2.45) is 0 Å². The van der Waals surface area contributed by atoms with Crippen LogP contribution >= 0.6 is 35.6 Å². The number of benzene rings is 3. The first-order valence-corrected chi connectivity index (χ1v) is 12.5. The standard InChI is InChI=1S/C28H24Cl2N4O5.ClH/c1-16-9-10-17-5-4-8-23(26(17)32-16)39-15-20-21(29)11-12-22(25(20)30)34(2)24(35)14-31-28(38)33-19-7-3-6-18(13-19)27(36)37;/h3-13H,14-15H2,1-2H3,(H,36,37)(H2,31,33,38);1H. The fraction of sp³-hybridized carbons (Fsp3) is 0.143. The molecule has 0 saturated carbocycles. The number of aromatic carboxylic acids is 1. The summed E-state index contributed by atoms with van der Waals surface area (Å²) in [4.78, 5) is 42.0. The molecule has 0 saturated heterocycles. The van der Waals surface area contributed by atoms with Gasteiger partial charge in [-0.1, -0.05) is 47.5 Å². The minimum Gasteiger partial charge on any atom is -0.487 e. The average Bonchev–Trinajstić information content (AvgIpc) is 2.91. The third-order valence-corrected chi connectivity index (χ3v) is 6.64. The molecular weight excluding hydrogens is 579 g/mol. The number of amides is 3. The van der Waals surface area contributed by atoms with Crippen LogP contribution in [0.25, 0.3) is 10.9 Å². The normalized spacial score (nSPS) is 10.4. The number of nitrogens with zero attached hydrogens (tertiary/aromatic N) is 2. The van der Waals surface area contributed by atoms with Crippen molar-refractivity contribution in [2.75, 3.05) is 23.8 Å². The van der Waals surface area contributed by atoms with E-state index in [0.717, 1.165) is 11.1 Å². The van der Waals surface area contributed by atoms with Gasteiger partial charge in [-0.05, 0) is 49.4 Å². The Kier molecular flexibility index (Phi) is 10.2.